The maximum atomic E-state index is 4.46. The summed E-state index contributed by atoms with van der Waals surface area (Å²) in [5.74, 6) is 0.847. The Morgan fingerprint density at radius 3 is 2.84 bits per heavy atom. The van der Waals surface area contributed by atoms with Gasteiger partial charge in [-0.1, -0.05) is 26.2 Å². The highest BCUT2D eigenvalue weighted by molar-refractivity contribution is 5.18. The molecule has 2 unspecified atom stereocenters. The molecule has 2 aliphatic rings. The summed E-state index contributed by atoms with van der Waals surface area (Å²) in [5.41, 5.74) is 1.72. The lowest BCUT2D eigenvalue weighted by Gasteiger charge is -2.33. The van der Waals surface area contributed by atoms with Crippen molar-refractivity contribution in [2.24, 2.45) is 5.92 Å². The first-order chi connectivity index (χ1) is 9.21. The lowest BCUT2D eigenvalue weighted by molar-refractivity contribution is 0.254. The van der Waals surface area contributed by atoms with Crippen LogP contribution in [0.1, 0.15) is 64.1 Å². The third-order valence-electron chi connectivity index (χ3n) is 5.42. The van der Waals surface area contributed by atoms with Crippen molar-refractivity contribution in [3.05, 3.63) is 18.2 Å². The molecule has 19 heavy (non-hydrogen) atoms. The second-order valence-electron chi connectivity index (χ2n) is 6.81. The lowest BCUT2D eigenvalue weighted by atomic mass is 9.82. The van der Waals surface area contributed by atoms with Crippen molar-refractivity contribution in [3.63, 3.8) is 0 Å². The predicted molar refractivity (Wildman–Crippen MR) is 78.4 cm³/mol. The maximum absolute atomic E-state index is 4.46. The van der Waals surface area contributed by atoms with E-state index in [-0.39, 0.29) is 5.41 Å². The van der Waals surface area contributed by atoms with Crippen molar-refractivity contribution >= 4 is 0 Å². The van der Waals surface area contributed by atoms with Crippen molar-refractivity contribution < 1.29 is 0 Å². The first-order valence-corrected chi connectivity index (χ1v) is 7.94. The first-order valence-electron chi connectivity index (χ1n) is 7.94. The van der Waals surface area contributed by atoms with Gasteiger partial charge in [-0.15, -0.1) is 0 Å². The highest BCUT2D eigenvalue weighted by Gasteiger charge is 2.35. The van der Waals surface area contributed by atoms with Crippen molar-refractivity contribution in [2.45, 2.75) is 63.8 Å². The van der Waals surface area contributed by atoms with Crippen LogP contribution in [-0.4, -0.2) is 22.6 Å². The minimum atomic E-state index is 0.277. The Kier molecular flexibility index (Phi) is 3.66. The van der Waals surface area contributed by atoms with E-state index in [4.69, 9.17) is 0 Å². The van der Waals surface area contributed by atoms with Gasteiger partial charge < -0.3 is 9.88 Å². The van der Waals surface area contributed by atoms with Gasteiger partial charge in [0.1, 0.15) is 0 Å². The summed E-state index contributed by atoms with van der Waals surface area (Å²) in [6.07, 6.45) is 12.5. The van der Waals surface area contributed by atoms with Crippen LogP contribution in [0.2, 0.25) is 0 Å². The smallest absolute Gasteiger partial charge is 0.0950 e. The van der Waals surface area contributed by atoms with Gasteiger partial charge in [-0.2, -0.15) is 0 Å². The van der Waals surface area contributed by atoms with E-state index in [0.29, 0.717) is 6.04 Å². The topological polar surface area (TPSA) is 29.9 Å². The van der Waals surface area contributed by atoms with E-state index in [9.17, 15) is 0 Å². The van der Waals surface area contributed by atoms with Crippen LogP contribution < -0.4 is 5.32 Å². The minimum Gasteiger partial charge on any atom is -0.331 e. The number of imidazole rings is 1. The van der Waals surface area contributed by atoms with E-state index in [2.05, 4.69) is 41.2 Å². The van der Waals surface area contributed by atoms with Crippen LogP contribution in [0.5, 0.6) is 0 Å². The number of hydrogen-bond donors (Lipinski definition) is 1. The summed E-state index contributed by atoms with van der Waals surface area (Å²) in [6, 6.07) is 0.607. The monoisotopic (exact) mass is 261 g/mol. The molecule has 2 heterocycles. The Hall–Kier alpha value is -0.830. The fourth-order valence-corrected chi connectivity index (χ4v) is 3.98. The molecular formula is C16H27N3. The molecule has 1 aromatic rings. The summed E-state index contributed by atoms with van der Waals surface area (Å²) in [4.78, 5) is 4.46. The van der Waals surface area contributed by atoms with E-state index in [0.717, 1.165) is 19.0 Å². The first kappa shape index (κ1) is 13.2. The Morgan fingerprint density at radius 2 is 2.16 bits per heavy atom. The molecule has 0 spiro atoms. The molecule has 2 atom stereocenters. The second-order valence-corrected chi connectivity index (χ2v) is 6.81. The van der Waals surface area contributed by atoms with Crippen molar-refractivity contribution in [1.82, 2.24) is 14.9 Å². The summed E-state index contributed by atoms with van der Waals surface area (Å²) in [5, 5.41) is 3.51. The van der Waals surface area contributed by atoms with Gasteiger partial charge in [0.25, 0.3) is 0 Å². The van der Waals surface area contributed by atoms with Crippen molar-refractivity contribution in [3.8, 4) is 0 Å². The average molecular weight is 261 g/mol. The summed E-state index contributed by atoms with van der Waals surface area (Å²) < 4.78 is 2.48. The summed E-state index contributed by atoms with van der Waals surface area (Å²) in [6.45, 7) is 7.01. The number of nitrogens with zero attached hydrogens (tertiary/aromatic N) is 2. The third-order valence-corrected chi connectivity index (χ3v) is 5.42. The van der Waals surface area contributed by atoms with Crippen LogP contribution in [0.15, 0.2) is 12.5 Å². The van der Waals surface area contributed by atoms with Crippen LogP contribution >= 0.6 is 0 Å². The predicted octanol–water partition coefficient (Wildman–Crippen LogP) is 3.28. The van der Waals surface area contributed by atoms with Crippen LogP contribution in [0.4, 0.5) is 0 Å². The fourth-order valence-electron chi connectivity index (χ4n) is 3.98. The zero-order valence-electron chi connectivity index (χ0n) is 12.4. The van der Waals surface area contributed by atoms with E-state index in [1.165, 1.54) is 44.2 Å². The van der Waals surface area contributed by atoms with Gasteiger partial charge in [0.15, 0.2) is 0 Å². The molecule has 0 radical (unpaired) electrons. The number of rotatable bonds is 3. The fraction of sp³-hybridized carbons (Fsp3) is 0.812. The molecule has 1 saturated carbocycles. The highest BCUT2D eigenvalue weighted by atomic mass is 15.1. The Labute approximate surface area is 116 Å². The molecule has 1 aliphatic carbocycles. The normalized spacial score (nSPS) is 30.6. The SMILES string of the molecule is CC(C1CCCCC1)n1cncc1C1(C)CCNC1. The molecule has 1 saturated heterocycles. The molecule has 2 fully saturated rings. The van der Waals surface area contributed by atoms with Crippen LogP contribution in [0, 0.1) is 5.92 Å². The van der Waals surface area contributed by atoms with Crippen molar-refractivity contribution in [2.75, 3.05) is 13.1 Å². The molecule has 1 aromatic heterocycles. The highest BCUT2D eigenvalue weighted by Crippen LogP contribution is 2.37. The van der Waals surface area contributed by atoms with E-state index >= 15 is 0 Å². The standard InChI is InChI=1S/C16H27N3/c1-13(14-6-4-3-5-7-14)19-12-18-10-15(19)16(2)8-9-17-11-16/h10,12-14,17H,3-9,11H2,1-2H3. The van der Waals surface area contributed by atoms with Gasteiger partial charge in [-0.25, -0.2) is 4.98 Å². The maximum Gasteiger partial charge on any atom is 0.0950 e. The Morgan fingerprint density at radius 1 is 1.37 bits per heavy atom. The molecule has 1 aliphatic heterocycles. The second kappa shape index (κ2) is 5.28. The zero-order valence-corrected chi connectivity index (χ0v) is 12.4. The molecule has 106 valence electrons. The molecular weight excluding hydrogens is 234 g/mol. The lowest BCUT2D eigenvalue weighted by Crippen LogP contribution is -2.30. The van der Waals surface area contributed by atoms with Gasteiger partial charge in [0, 0.05) is 29.9 Å². The van der Waals surface area contributed by atoms with Gasteiger partial charge in [-0.05, 0) is 38.6 Å². The van der Waals surface area contributed by atoms with Crippen LogP contribution in [-0.2, 0) is 5.41 Å². The van der Waals surface area contributed by atoms with Crippen LogP contribution in [0.25, 0.3) is 0 Å². The van der Waals surface area contributed by atoms with E-state index in [1.54, 1.807) is 0 Å². The third kappa shape index (κ3) is 2.45. The molecule has 0 amide bonds. The van der Waals surface area contributed by atoms with E-state index in [1.807, 2.05) is 0 Å². The molecule has 1 N–H and O–H groups in total. The van der Waals surface area contributed by atoms with Gasteiger partial charge >= 0.3 is 0 Å². The Balaban J connectivity index is 1.82. The van der Waals surface area contributed by atoms with Gasteiger partial charge in [-0.3, -0.25) is 0 Å². The molecule has 3 heteroatoms. The summed E-state index contributed by atoms with van der Waals surface area (Å²) in [7, 11) is 0. The average Bonchev–Trinajstić information content (AvgIpc) is 3.08. The van der Waals surface area contributed by atoms with E-state index < -0.39 is 0 Å². The zero-order chi connectivity index (χ0) is 13.3. The molecule has 0 aromatic carbocycles. The molecule has 3 nitrogen and oxygen atoms in total. The molecule has 3 rings (SSSR count). The number of aromatic nitrogens is 2. The largest absolute Gasteiger partial charge is 0.331 e. The quantitative estimate of drug-likeness (QED) is 0.905. The van der Waals surface area contributed by atoms with Crippen LogP contribution in [0.3, 0.4) is 0 Å². The Bertz CT molecular complexity index is 411. The van der Waals surface area contributed by atoms with Gasteiger partial charge in [0.05, 0.1) is 6.33 Å². The number of nitrogens with one attached hydrogen (secondary N) is 1. The van der Waals surface area contributed by atoms with Crippen molar-refractivity contribution in [1.29, 1.82) is 0 Å². The minimum absolute atomic E-state index is 0.277. The van der Waals surface area contributed by atoms with Gasteiger partial charge in [0.2, 0.25) is 0 Å². The number of hydrogen-bond acceptors (Lipinski definition) is 2. The summed E-state index contributed by atoms with van der Waals surface area (Å²) >= 11 is 0. The molecule has 0 bridgehead atoms.